The third-order valence-electron chi connectivity index (χ3n) is 2.68. The molecular weight excluding hydrogens is 204 g/mol. The van der Waals surface area contributed by atoms with Crippen LogP contribution < -0.4 is 5.73 Å². The number of nitrogen functional groups attached to an aromatic ring is 1. The van der Waals surface area contributed by atoms with E-state index in [0.29, 0.717) is 5.69 Å². The summed E-state index contributed by atoms with van der Waals surface area (Å²) >= 11 is 0. The molecule has 0 spiro atoms. The van der Waals surface area contributed by atoms with Gasteiger partial charge in [0.1, 0.15) is 11.5 Å². The van der Waals surface area contributed by atoms with Gasteiger partial charge in [0.15, 0.2) is 0 Å². The summed E-state index contributed by atoms with van der Waals surface area (Å²) in [5.41, 5.74) is 5.79. The summed E-state index contributed by atoms with van der Waals surface area (Å²) < 4.78 is 0. The summed E-state index contributed by atoms with van der Waals surface area (Å²) in [5, 5.41) is 0. The van der Waals surface area contributed by atoms with Crippen molar-refractivity contribution in [3.8, 4) is 0 Å². The summed E-state index contributed by atoms with van der Waals surface area (Å²) in [4.78, 5) is 21.6. The molecule has 0 aliphatic rings. The van der Waals surface area contributed by atoms with Crippen LogP contribution in [0, 0.1) is 0 Å². The van der Waals surface area contributed by atoms with Gasteiger partial charge in [-0.25, -0.2) is 4.98 Å². The fourth-order valence-electron chi connectivity index (χ4n) is 1.67. The number of carbonyl (C=O) groups excluding carboxylic acids is 1. The van der Waals surface area contributed by atoms with Gasteiger partial charge in [-0.3, -0.25) is 9.78 Å². The van der Waals surface area contributed by atoms with Crippen LogP contribution in [-0.4, -0.2) is 33.9 Å². The summed E-state index contributed by atoms with van der Waals surface area (Å²) in [5.74, 6) is 0.136. The van der Waals surface area contributed by atoms with E-state index in [1.807, 2.05) is 0 Å². The van der Waals surface area contributed by atoms with E-state index in [2.05, 4.69) is 23.8 Å². The van der Waals surface area contributed by atoms with Crippen LogP contribution in [-0.2, 0) is 0 Å². The van der Waals surface area contributed by atoms with Gasteiger partial charge in [0.05, 0.1) is 12.4 Å². The molecule has 0 fully saturated rings. The standard InChI is InChI=1S/C11H18N4O/c1-4-8(5-2)15(3)11(16)9-6-13-7-10(12)14-9/h6-8H,4-5H2,1-3H3,(H2,12,14). The minimum absolute atomic E-state index is 0.131. The maximum absolute atomic E-state index is 12.0. The van der Waals surface area contributed by atoms with Crippen molar-refractivity contribution < 1.29 is 4.79 Å². The highest BCUT2D eigenvalue weighted by Crippen LogP contribution is 2.10. The van der Waals surface area contributed by atoms with Crippen LogP contribution in [0.5, 0.6) is 0 Å². The lowest BCUT2D eigenvalue weighted by Crippen LogP contribution is -2.36. The summed E-state index contributed by atoms with van der Waals surface area (Å²) in [6, 6.07) is 0.232. The van der Waals surface area contributed by atoms with Crippen LogP contribution in [0.4, 0.5) is 5.82 Å². The fourth-order valence-corrected chi connectivity index (χ4v) is 1.67. The van der Waals surface area contributed by atoms with Gasteiger partial charge in [0, 0.05) is 13.1 Å². The first-order valence-corrected chi connectivity index (χ1v) is 5.44. The Morgan fingerprint density at radius 1 is 1.44 bits per heavy atom. The third kappa shape index (κ3) is 2.68. The van der Waals surface area contributed by atoms with Gasteiger partial charge in [-0.1, -0.05) is 13.8 Å². The van der Waals surface area contributed by atoms with Crippen LogP contribution in [0.15, 0.2) is 12.4 Å². The van der Waals surface area contributed by atoms with E-state index in [4.69, 9.17) is 5.73 Å². The second-order valence-corrected chi connectivity index (χ2v) is 3.72. The molecule has 0 unspecified atom stereocenters. The maximum atomic E-state index is 12.0. The molecule has 2 N–H and O–H groups in total. The van der Waals surface area contributed by atoms with Crippen LogP contribution in [0.1, 0.15) is 37.2 Å². The molecule has 1 aromatic heterocycles. The highest BCUT2D eigenvalue weighted by molar-refractivity contribution is 5.92. The highest BCUT2D eigenvalue weighted by atomic mass is 16.2. The van der Waals surface area contributed by atoms with Crippen molar-refractivity contribution >= 4 is 11.7 Å². The molecule has 0 aromatic carbocycles. The monoisotopic (exact) mass is 222 g/mol. The molecule has 5 nitrogen and oxygen atoms in total. The molecule has 0 saturated carbocycles. The zero-order valence-corrected chi connectivity index (χ0v) is 9.97. The number of rotatable bonds is 4. The first-order chi connectivity index (χ1) is 7.60. The molecule has 0 atom stereocenters. The van der Waals surface area contributed by atoms with Crippen molar-refractivity contribution in [1.29, 1.82) is 0 Å². The van der Waals surface area contributed by atoms with Crippen LogP contribution in [0.3, 0.4) is 0 Å². The molecule has 0 aliphatic carbocycles. The van der Waals surface area contributed by atoms with E-state index in [0.717, 1.165) is 12.8 Å². The molecule has 5 heteroatoms. The zero-order chi connectivity index (χ0) is 12.1. The van der Waals surface area contributed by atoms with Crippen molar-refractivity contribution in [3.63, 3.8) is 0 Å². The lowest BCUT2D eigenvalue weighted by atomic mass is 10.1. The third-order valence-corrected chi connectivity index (χ3v) is 2.68. The van der Waals surface area contributed by atoms with Gasteiger partial charge < -0.3 is 10.6 Å². The number of hydrogen-bond donors (Lipinski definition) is 1. The molecule has 1 amide bonds. The number of anilines is 1. The Morgan fingerprint density at radius 2 is 2.06 bits per heavy atom. The molecule has 16 heavy (non-hydrogen) atoms. The number of aromatic nitrogens is 2. The van der Waals surface area contributed by atoms with E-state index in [1.54, 1.807) is 11.9 Å². The Bertz CT molecular complexity index is 363. The van der Waals surface area contributed by atoms with E-state index in [-0.39, 0.29) is 17.8 Å². The van der Waals surface area contributed by atoms with Crippen molar-refractivity contribution in [3.05, 3.63) is 18.1 Å². The predicted molar refractivity (Wildman–Crippen MR) is 62.9 cm³/mol. The number of amides is 1. The number of carbonyl (C=O) groups is 1. The number of hydrogen-bond acceptors (Lipinski definition) is 4. The van der Waals surface area contributed by atoms with E-state index < -0.39 is 0 Å². The summed E-state index contributed by atoms with van der Waals surface area (Å²) in [6.07, 6.45) is 4.72. The van der Waals surface area contributed by atoms with Crippen LogP contribution in [0.25, 0.3) is 0 Å². The maximum Gasteiger partial charge on any atom is 0.274 e. The molecule has 1 rings (SSSR count). The zero-order valence-electron chi connectivity index (χ0n) is 9.97. The van der Waals surface area contributed by atoms with Crippen molar-refractivity contribution in [2.45, 2.75) is 32.7 Å². The minimum Gasteiger partial charge on any atom is -0.382 e. The van der Waals surface area contributed by atoms with Gasteiger partial charge in [0.25, 0.3) is 5.91 Å². The van der Waals surface area contributed by atoms with Gasteiger partial charge in [-0.15, -0.1) is 0 Å². The number of nitrogens with zero attached hydrogens (tertiary/aromatic N) is 3. The normalized spacial score (nSPS) is 10.5. The van der Waals surface area contributed by atoms with Gasteiger partial charge in [-0.2, -0.15) is 0 Å². The molecular formula is C11H18N4O. The molecule has 0 saturated heterocycles. The van der Waals surface area contributed by atoms with Gasteiger partial charge in [0.2, 0.25) is 0 Å². The molecule has 1 heterocycles. The van der Waals surface area contributed by atoms with Crippen LogP contribution in [0.2, 0.25) is 0 Å². The topological polar surface area (TPSA) is 72.1 Å². The Hall–Kier alpha value is -1.65. The van der Waals surface area contributed by atoms with E-state index in [9.17, 15) is 4.79 Å². The lowest BCUT2D eigenvalue weighted by Gasteiger charge is -2.25. The minimum atomic E-state index is -0.131. The van der Waals surface area contributed by atoms with Crippen LogP contribution >= 0.6 is 0 Å². The first kappa shape index (κ1) is 12.4. The number of nitrogens with two attached hydrogens (primary N) is 1. The van der Waals surface area contributed by atoms with Gasteiger partial charge in [-0.05, 0) is 12.8 Å². The quantitative estimate of drug-likeness (QED) is 0.834. The molecule has 0 bridgehead atoms. The Labute approximate surface area is 95.7 Å². The Balaban J connectivity index is 2.85. The van der Waals surface area contributed by atoms with Crippen molar-refractivity contribution in [1.82, 2.24) is 14.9 Å². The predicted octanol–water partition coefficient (Wildman–Crippen LogP) is 1.32. The van der Waals surface area contributed by atoms with Crippen molar-refractivity contribution in [2.24, 2.45) is 0 Å². The highest BCUT2D eigenvalue weighted by Gasteiger charge is 2.19. The lowest BCUT2D eigenvalue weighted by molar-refractivity contribution is 0.0717. The van der Waals surface area contributed by atoms with E-state index in [1.165, 1.54) is 12.4 Å². The average Bonchev–Trinajstić information content (AvgIpc) is 2.29. The largest absolute Gasteiger partial charge is 0.382 e. The molecule has 88 valence electrons. The Kier molecular flexibility index (Phi) is 4.22. The summed E-state index contributed by atoms with van der Waals surface area (Å²) in [6.45, 7) is 4.12. The van der Waals surface area contributed by atoms with Crippen molar-refractivity contribution in [2.75, 3.05) is 12.8 Å². The van der Waals surface area contributed by atoms with Gasteiger partial charge >= 0.3 is 0 Å². The van der Waals surface area contributed by atoms with E-state index >= 15 is 0 Å². The Morgan fingerprint density at radius 3 is 2.56 bits per heavy atom. The average molecular weight is 222 g/mol. The fraction of sp³-hybridized carbons (Fsp3) is 0.545. The first-order valence-electron chi connectivity index (χ1n) is 5.44. The molecule has 0 radical (unpaired) electrons. The second-order valence-electron chi connectivity index (χ2n) is 3.72. The molecule has 0 aliphatic heterocycles. The summed E-state index contributed by atoms with van der Waals surface area (Å²) in [7, 11) is 1.78. The SMILES string of the molecule is CCC(CC)N(C)C(=O)c1cncc(N)n1. The second kappa shape index (κ2) is 5.44. The smallest absolute Gasteiger partial charge is 0.274 e. The molecule has 1 aromatic rings.